The van der Waals surface area contributed by atoms with Crippen LogP contribution in [0.4, 0.5) is 5.69 Å². The Labute approximate surface area is 140 Å². The first-order chi connectivity index (χ1) is 10.4. The van der Waals surface area contributed by atoms with Gasteiger partial charge in [0, 0.05) is 12.1 Å². The van der Waals surface area contributed by atoms with Crippen LogP contribution in [0.2, 0.25) is 0 Å². The molecule has 126 valence electrons. The van der Waals surface area contributed by atoms with Crippen LogP contribution >= 0.6 is 0 Å². The Morgan fingerprint density at radius 3 is 1.96 bits per heavy atom. The summed E-state index contributed by atoms with van der Waals surface area (Å²) < 4.78 is 12.1. The highest BCUT2D eigenvalue weighted by Gasteiger charge is 2.51. The highest BCUT2D eigenvalue weighted by molar-refractivity contribution is 6.62. The van der Waals surface area contributed by atoms with E-state index in [4.69, 9.17) is 9.31 Å². The number of anilines is 1. The van der Waals surface area contributed by atoms with E-state index in [1.54, 1.807) is 0 Å². The Bertz CT molecular complexity index is 557. The monoisotopic (exact) mass is 317 g/mol. The van der Waals surface area contributed by atoms with Crippen molar-refractivity contribution in [1.29, 1.82) is 0 Å². The quantitative estimate of drug-likeness (QED) is 0.870. The molecule has 0 aliphatic carbocycles. The zero-order valence-electron chi connectivity index (χ0n) is 15.3. The van der Waals surface area contributed by atoms with Gasteiger partial charge in [0.05, 0.1) is 11.2 Å². The SMILES string of the molecule is CC(C)(C)CC(=O)Nc1ccc(B2OC(C)(C)C(C)(C)O2)cc1. The van der Waals surface area contributed by atoms with Gasteiger partial charge in [-0.3, -0.25) is 4.79 Å². The molecule has 0 bridgehead atoms. The molecule has 23 heavy (non-hydrogen) atoms. The lowest BCUT2D eigenvalue weighted by atomic mass is 9.79. The van der Waals surface area contributed by atoms with Gasteiger partial charge in [0.2, 0.25) is 5.91 Å². The molecule has 1 saturated heterocycles. The number of nitrogens with one attached hydrogen (secondary N) is 1. The van der Waals surface area contributed by atoms with Crippen molar-refractivity contribution in [2.24, 2.45) is 5.41 Å². The summed E-state index contributed by atoms with van der Waals surface area (Å²) in [5, 5.41) is 2.93. The van der Waals surface area contributed by atoms with Gasteiger partial charge >= 0.3 is 7.12 Å². The molecule has 0 radical (unpaired) electrons. The lowest BCUT2D eigenvalue weighted by Crippen LogP contribution is -2.41. The van der Waals surface area contributed by atoms with Crippen molar-refractivity contribution in [3.8, 4) is 0 Å². The maximum Gasteiger partial charge on any atom is 0.494 e. The predicted molar refractivity (Wildman–Crippen MR) is 94.9 cm³/mol. The Morgan fingerprint density at radius 1 is 1.04 bits per heavy atom. The minimum Gasteiger partial charge on any atom is -0.399 e. The van der Waals surface area contributed by atoms with Crippen LogP contribution in [-0.4, -0.2) is 24.2 Å². The number of carbonyl (C=O) groups is 1. The molecule has 1 amide bonds. The largest absolute Gasteiger partial charge is 0.494 e. The van der Waals surface area contributed by atoms with E-state index in [9.17, 15) is 4.79 Å². The molecule has 0 spiro atoms. The molecule has 1 aliphatic heterocycles. The molecule has 1 N–H and O–H groups in total. The number of hydrogen-bond donors (Lipinski definition) is 1. The smallest absolute Gasteiger partial charge is 0.399 e. The molecule has 0 unspecified atom stereocenters. The summed E-state index contributed by atoms with van der Waals surface area (Å²) in [6.45, 7) is 14.3. The Morgan fingerprint density at radius 2 is 1.52 bits per heavy atom. The second-order valence-corrected chi connectivity index (χ2v) is 8.50. The molecule has 1 fully saturated rings. The van der Waals surface area contributed by atoms with Crippen LogP contribution in [0.1, 0.15) is 54.9 Å². The van der Waals surface area contributed by atoms with Crippen LogP contribution in [0, 0.1) is 5.41 Å². The van der Waals surface area contributed by atoms with Crippen LogP contribution in [0.3, 0.4) is 0 Å². The molecule has 1 heterocycles. The molecule has 0 saturated carbocycles. The summed E-state index contributed by atoms with van der Waals surface area (Å²) in [4.78, 5) is 12.0. The second kappa shape index (κ2) is 5.95. The van der Waals surface area contributed by atoms with Gasteiger partial charge in [-0.15, -0.1) is 0 Å². The van der Waals surface area contributed by atoms with Gasteiger partial charge in [-0.2, -0.15) is 0 Å². The Balaban J connectivity index is 2.02. The van der Waals surface area contributed by atoms with Crippen molar-refractivity contribution in [3.05, 3.63) is 24.3 Å². The van der Waals surface area contributed by atoms with E-state index in [0.29, 0.717) is 6.42 Å². The standard InChI is InChI=1S/C18H28BNO3/c1-16(2,3)12-15(21)20-14-10-8-13(9-11-14)19-22-17(4,5)18(6,7)23-19/h8-11H,12H2,1-7H3,(H,20,21). The van der Waals surface area contributed by atoms with Crippen molar-refractivity contribution >= 4 is 24.2 Å². The average Bonchev–Trinajstić information content (AvgIpc) is 2.56. The van der Waals surface area contributed by atoms with Gasteiger partial charge in [-0.25, -0.2) is 0 Å². The number of carbonyl (C=O) groups excluding carboxylic acids is 1. The number of hydrogen-bond acceptors (Lipinski definition) is 3. The van der Waals surface area contributed by atoms with Crippen molar-refractivity contribution in [2.75, 3.05) is 5.32 Å². The summed E-state index contributed by atoms with van der Waals surface area (Å²) in [6, 6.07) is 7.66. The third-order valence-corrected chi connectivity index (χ3v) is 4.41. The molecular formula is C18H28BNO3. The van der Waals surface area contributed by atoms with Crippen LogP contribution in [0.5, 0.6) is 0 Å². The third kappa shape index (κ3) is 4.36. The van der Waals surface area contributed by atoms with E-state index in [-0.39, 0.29) is 29.6 Å². The summed E-state index contributed by atoms with van der Waals surface area (Å²) in [5.41, 5.74) is 1.03. The molecule has 1 aromatic rings. The lowest BCUT2D eigenvalue weighted by molar-refractivity contribution is -0.117. The highest BCUT2D eigenvalue weighted by Crippen LogP contribution is 2.36. The van der Waals surface area contributed by atoms with Gasteiger partial charge in [0.1, 0.15) is 0 Å². The van der Waals surface area contributed by atoms with Gasteiger partial charge in [-0.05, 0) is 50.7 Å². The molecule has 4 nitrogen and oxygen atoms in total. The molecule has 0 atom stereocenters. The van der Waals surface area contributed by atoms with Crippen LogP contribution in [-0.2, 0) is 14.1 Å². The van der Waals surface area contributed by atoms with E-state index in [1.165, 1.54) is 0 Å². The van der Waals surface area contributed by atoms with E-state index < -0.39 is 0 Å². The average molecular weight is 317 g/mol. The van der Waals surface area contributed by atoms with E-state index in [0.717, 1.165) is 11.2 Å². The normalized spacial score (nSPS) is 19.7. The topological polar surface area (TPSA) is 47.6 Å². The summed E-state index contributed by atoms with van der Waals surface area (Å²) >= 11 is 0. The zero-order chi connectivity index (χ0) is 17.5. The second-order valence-electron chi connectivity index (χ2n) is 8.50. The maximum absolute atomic E-state index is 12.0. The fourth-order valence-electron chi connectivity index (χ4n) is 2.39. The molecule has 0 aromatic heterocycles. The first-order valence-electron chi connectivity index (χ1n) is 8.15. The molecular weight excluding hydrogens is 289 g/mol. The van der Waals surface area contributed by atoms with Crippen LogP contribution in [0.25, 0.3) is 0 Å². The zero-order valence-corrected chi connectivity index (χ0v) is 15.3. The van der Waals surface area contributed by atoms with Gasteiger partial charge in [0.15, 0.2) is 0 Å². The van der Waals surface area contributed by atoms with E-state index >= 15 is 0 Å². The summed E-state index contributed by atoms with van der Waals surface area (Å²) in [6.07, 6.45) is 0.492. The molecule has 2 rings (SSSR count). The first kappa shape index (κ1) is 18.0. The van der Waals surface area contributed by atoms with Crippen molar-refractivity contribution in [3.63, 3.8) is 0 Å². The first-order valence-corrected chi connectivity index (χ1v) is 8.15. The van der Waals surface area contributed by atoms with E-state index in [2.05, 4.69) is 5.32 Å². The Kier molecular flexibility index (Phi) is 4.66. The predicted octanol–water partition coefficient (Wildman–Crippen LogP) is 3.36. The van der Waals surface area contributed by atoms with Crippen molar-refractivity contribution in [1.82, 2.24) is 0 Å². The number of benzene rings is 1. The number of amides is 1. The lowest BCUT2D eigenvalue weighted by Gasteiger charge is -2.32. The third-order valence-electron chi connectivity index (χ3n) is 4.41. The van der Waals surface area contributed by atoms with Gasteiger partial charge in [0.25, 0.3) is 0 Å². The fraction of sp³-hybridized carbons (Fsp3) is 0.611. The summed E-state index contributed by atoms with van der Waals surface area (Å²) in [7, 11) is -0.376. The highest BCUT2D eigenvalue weighted by atomic mass is 16.7. The fourth-order valence-corrected chi connectivity index (χ4v) is 2.39. The van der Waals surface area contributed by atoms with Crippen molar-refractivity contribution in [2.45, 2.75) is 66.1 Å². The molecule has 5 heteroatoms. The van der Waals surface area contributed by atoms with Gasteiger partial charge in [-0.1, -0.05) is 32.9 Å². The van der Waals surface area contributed by atoms with E-state index in [1.807, 2.05) is 72.7 Å². The van der Waals surface area contributed by atoms with Crippen LogP contribution in [0.15, 0.2) is 24.3 Å². The summed E-state index contributed by atoms with van der Waals surface area (Å²) in [5.74, 6) is 0.0286. The minimum atomic E-state index is -0.376. The molecule has 1 aliphatic rings. The van der Waals surface area contributed by atoms with Gasteiger partial charge < -0.3 is 14.6 Å². The number of rotatable bonds is 3. The van der Waals surface area contributed by atoms with Crippen molar-refractivity contribution < 1.29 is 14.1 Å². The van der Waals surface area contributed by atoms with Crippen LogP contribution < -0.4 is 10.8 Å². The Hall–Kier alpha value is -1.33. The maximum atomic E-state index is 12.0. The molecule has 1 aromatic carbocycles. The minimum absolute atomic E-state index is 0.0211.